The molecule has 2 rings (SSSR count). The quantitative estimate of drug-likeness (QED) is 0.900. The summed E-state index contributed by atoms with van der Waals surface area (Å²) in [5, 5.41) is 12.5. The van der Waals surface area contributed by atoms with Crippen LogP contribution in [0.15, 0.2) is 36.4 Å². The molecule has 0 unspecified atom stereocenters. The molecule has 0 aliphatic carbocycles. The lowest BCUT2D eigenvalue weighted by Crippen LogP contribution is -1.96. The second kappa shape index (κ2) is 5.45. The van der Waals surface area contributed by atoms with E-state index >= 15 is 0 Å². The van der Waals surface area contributed by atoms with E-state index in [1.807, 2.05) is 50.2 Å². The average Bonchev–Trinajstić information content (AvgIpc) is 2.42. The summed E-state index contributed by atoms with van der Waals surface area (Å²) in [5.74, 6) is 0.826. The molecular formula is C16H16N2O. The van der Waals surface area contributed by atoms with E-state index in [-0.39, 0.29) is 0 Å². The SMILES string of the molecule is COc1ccc(Nc2ccc(C)cc2C#N)c(C)c1. The summed E-state index contributed by atoms with van der Waals surface area (Å²) in [6.45, 7) is 3.98. The Balaban J connectivity index is 2.34. The van der Waals surface area contributed by atoms with Crippen LogP contribution < -0.4 is 10.1 Å². The number of methoxy groups -OCH3 is 1. The summed E-state index contributed by atoms with van der Waals surface area (Å²) >= 11 is 0. The number of hydrogen-bond acceptors (Lipinski definition) is 3. The van der Waals surface area contributed by atoms with Crippen molar-refractivity contribution in [1.82, 2.24) is 0 Å². The van der Waals surface area contributed by atoms with Gasteiger partial charge in [0.1, 0.15) is 11.8 Å². The van der Waals surface area contributed by atoms with Crippen molar-refractivity contribution in [1.29, 1.82) is 5.26 Å². The summed E-state index contributed by atoms with van der Waals surface area (Å²) in [4.78, 5) is 0. The fourth-order valence-corrected chi connectivity index (χ4v) is 1.91. The van der Waals surface area contributed by atoms with Gasteiger partial charge in [-0.1, -0.05) is 6.07 Å². The highest BCUT2D eigenvalue weighted by Crippen LogP contribution is 2.26. The van der Waals surface area contributed by atoms with Crippen LogP contribution in [0.5, 0.6) is 5.75 Å². The van der Waals surface area contributed by atoms with Gasteiger partial charge in [-0.3, -0.25) is 0 Å². The molecule has 0 aromatic heterocycles. The third-order valence-corrected chi connectivity index (χ3v) is 3.00. The lowest BCUT2D eigenvalue weighted by atomic mass is 10.1. The molecule has 19 heavy (non-hydrogen) atoms. The van der Waals surface area contributed by atoms with E-state index in [0.717, 1.165) is 28.3 Å². The van der Waals surface area contributed by atoms with Gasteiger partial charge in [-0.15, -0.1) is 0 Å². The van der Waals surface area contributed by atoms with Crippen molar-refractivity contribution in [3.8, 4) is 11.8 Å². The van der Waals surface area contributed by atoms with E-state index < -0.39 is 0 Å². The van der Waals surface area contributed by atoms with Crippen molar-refractivity contribution >= 4 is 11.4 Å². The molecule has 2 aromatic rings. The Kier molecular flexibility index (Phi) is 3.72. The molecule has 1 N–H and O–H groups in total. The molecular weight excluding hydrogens is 236 g/mol. The molecule has 96 valence electrons. The van der Waals surface area contributed by atoms with E-state index in [1.54, 1.807) is 7.11 Å². The number of rotatable bonds is 3. The number of anilines is 2. The second-order valence-corrected chi connectivity index (χ2v) is 4.47. The van der Waals surface area contributed by atoms with Crippen LogP contribution in [-0.2, 0) is 0 Å². The molecule has 0 amide bonds. The lowest BCUT2D eigenvalue weighted by Gasteiger charge is -2.12. The third-order valence-electron chi connectivity index (χ3n) is 3.00. The van der Waals surface area contributed by atoms with Crippen LogP contribution in [0.4, 0.5) is 11.4 Å². The second-order valence-electron chi connectivity index (χ2n) is 4.47. The van der Waals surface area contributed by atoms with Gasteiger partial charge in [-0.05, 0) is 55.3 Å². The number of nitriles is 1. The molecule has 2 aromatic carbocycles. The van der Waals surface area contributed by atoms with Gasteiger partial charge in [0.2, 0.25) is 0 Å². The minimum absolute atomic E-state index is 0.648. The number of aryl methyl sites for hydroxylation is 2. The molecule has 0 heterocycles. The van der Waals surface area contributed by atoms with Crippen molar-refractivity contribution in [3.05, 3.63) is 53.1 Å². The zero-order chi connectivity index (χ0) is 13.8. The zero-order valence-corrected chi connectivity index (χ0v) is 11.3. The van der Waals surface area contributed by atoms with Gasteiger partial charge < -0.3 is 10.1 Å². The topological polar surface area (TPSA) is 45.0 Å². The molecule has 0 saturated heterocycles. The standard InChI is InChI=1S/C16H16N2O/c1-11-4-6-16(13(8-11)10-17)18-15-7-5-14(19-3)9-12(15)2/h4-9,18H,1-3H3. The van der Waals surface area contributed by atoms with E-state index in [1.165, 1.54) is 0 Å². The zero-order valence-electron chi connectivity index (χ0n) is 11.3. The van der Waals surface area contributed by atoms with Gasteiger partial charge in [0.05, 0.1) is 18.4 Å². The summed E-state index contributed by atoms with van der Waals surface area (Å²) in [5.41, 5.74) is 4.59. The Morgan fingerprint density at radius 3 is 2.42 bits per heavy atom. The summed E-state index contributed by atoms with van der Waals surface area (Å²) in [6, 6.07) is 13.8. The normalized spacial score (nSPS) is 9.79. The fraction of sp³-hybridized carbons (Fsp3) is 0.188. The molecule has 0 fully saturated rings. The Morgan fingerprint density at radius 1 is 1.05 bits per heavy atom. The number of nitrogens with one attached hydrogen (secondary N) is 1. The summed E-state index contributed by atoms with van der Waals surface area (Å²) in [6.07, 6.45) is 0. The maximum absolute atomic E-state index is 9.16. The van der Waals surface area contributed by atoms with E-state index in [0.29, 0.717) is 5.56 Å². The number of ether oxygens (including phenoxy) is 1. The van der Waals surface area contributed by atoms with Crippen LogP contribution in [0, 0.1) is 25.2 Å². The van der Waals surface area contributed by atoms with Crippen molar-refractivity contribution in [2.45, 2.75) is 13.8 Å². The predicted molar refractivity (Wildman–Crippen MR) is 76.9 cm³/mol. The monoisotopic (exact) mass is 252 g/mol. The molecule has 0 aliphatic heterocycles. The number of benzene rings is 2. The van der Waals surface area contributed by atoms with Gasteiger partial charge in [0, 0.05) is 5.69 Å². The van der Waals surface area contributed by atoms with Gasteiger partial charge in [-0.25, -0.2) is 0 Å². The molecule has 3 nitrogen and oxygen atoms in total. The smallest absolute Gasteiger partial charge is 0.119 e. The Morgan fingerprint density at radius 2 is 1.79 bits per heavy atom. The van der Waals surface area contributed by atoms with Gasteiger partial charge in [0.15, 0.2) is 0 Å². The summed E-state index contributed by atoms with van der Waals surface area (Å²) < 4.78 is 5.18. The van der Waals surface area contributed by atoms with Crippen LogP contribution in [0.25, 0.3) is 0 Å². The Bertz CT molecular complexity index is 642. The van der Waals surface area contributed by atoms with Crippen molar-refractivity contribution in [2.24, 2.45) is 0 Å². The first kappa shape index (κ1) is 13.0. The third kappa shape index (κ3) is 2.86. The minimum atomic E-state index is 0.648. The predicted octanol–water partition coefficient (Wildman–Crippen LogP) is 3.93. The van der Waals surface area contributed by atoms with Crippen LogP contribution in [0.2, 0.25) is 0 Å². The fourth-order valence-electron chi connectivity index (χ4n) is 1.91. The van der Waals surface area contributed by atoms with Gasteiger partial charge >= 0.3 is 0 Å². The average molecular weight is 252 g/mol. The molecule has 0 aliphatic rings. The van der Waals surface area contributed by atoms with Crippen molar-refractivity contribution in [2.75, 3.05) is 12.4 Å². The Labute approximate surface area is 113 Å². The highest BCUT2D eigenvalue weighted by molar-refractivity contribution is 5.69. The van der Waals surface area contributed by atoms with Crippen LogP contribution >= 0.6 is 0 Å². The molecule has 0 radical (unpaired) electrons. The first-order valence-corrected chi connectivity index (χ1v) is 6.06. The van der Waals surface area contributed by atoms with E-state index in [2.05, 4.69) is 11.4 Å². The first-order valence-electron chi connectivity index (χ1n) is 6.06. The largest absolute Gasteiger partial charge is 0.497 e. The number of hydrogen-bond donors (Lipinski definition) is 1. The highest BCUT2D eigenvalue weighted by atomic mass is 16.5. The van der Waals surface area contributed by atoms with Crippen LogP contribution in [-0.4, -0.2) is 7.11 Å². The summed E-state index contributed by atoms with van der Waals surface area (Å²) in [7, 11) is 1.65. The lowest BCUT2D eigenvalue weighted by molar-refractivity contribution is 0.414. The molecule has 0 atom stereocenters. The number of nitrogens with zero attached hydrogens (tertiary/aromatic N) is 1. The van der Waals surface area contributed by atoms with Crippen molar-refractivity contribution < 1.29 is 4.74 Å². The van der Waals surface area contributed by atoms with Gasteiger partial charge in [-0.2, -0.15) is 5.26 Å². The highest BCUT2D eigenvalue weighted by Gasteiger charge is 2.05. The van der Waals surface area contributed by atoms with Gasteiger partial charge in [0.25, 0.3) is 0 Å². The Hall–Kier alpha value is -2.47. The molecule has 3 heteroatoms. The molecule has 0 bridgehead atoms. The maximum atomic E-state index is 9.16. The minimum Gasteiger partial charge on any atom is -0.497 e. The van der Waals surface area contributed by atoms with E-state index in [4.69, 9.17) is 10.00 Å². The molecule has 0 saturated carbocycles. The van der Waals surface area contributed by atoms with Crippen molar-refractivity contribution in [3.63, 3.8) is 0 Å². The maximum Gasteiger partial charge on any atom is 0.119 e. The first-order chi connectivity index (χ1) is 9.13. The van der Waals surface area contributed by atoms with Crippen LogP contribution in [0.3, 0.4) is 0 Å². The van der Waals surface area contributed by atoms with Crippen LogP contribution in [0.1, 0.15) is 16.7 Å². The van der Waals surface area contributed by atoms with E-state index in [9.17, 15) is 0 Å². The molecule has 0 spiro atoms.